The maximum atomic E-state index is 13.6. The molecule has 4 rings (SSSR count). The molecule has 186 valence electrons. The third-order valence-corrected chi connectivity index (χ3v) is 6.83. The van der Waals surface area contributed by atoms with Crippen LogP contribution in [0.2, 0.25) is 0 Å². The Morgan fingerprint density at radius 2 is 1.97 bits per heavy atom. The zero-order valence-corrected chi connectivity index (χ0v) is 21.1. The molecule has 1 saturated heterocycles. The molecular formula is C28H35N3O4. The van der Waals surface area contributed by atoms with Crippen molar-refractivity contribution in [3.05, 3.63) is 64.7 Å². The first-order valence-corrected chi connectivity index (χ1v) is 12.4. The molecular weight excluding hydrogens is 442 g/mol. The van der Waals surface area contributed by atoms with Crippen molar-refractivity contribution in [3.8, 4) is 5.75 Å². The van der Waals surface area contributed by atoms with Gasteiger partial charge in [0, 0.05) is 18.5 Å². The van der Waals surface area contributed by atoms with E-state index in [1.165, 1.54) is 0 Å². The number of likely N-dealkylation sites (tertiary alicyclic amines) is 1. The highest BCUT2D eigenvalue weighted by Crippen LogP contribution is 2.35. The number of piperidine rings is 1. The van der Waals surface area contributed by atoms with Crippen LogP contribution in [0, 0.1) is 19.8 Å². The number of carbonyl (C=O) groups excluding carboxylic acids is 2. The second-order valence-corrected chi connectivity index (χ2v) is 9.43. The number of hydrazone groups is 1. The number of hydrogen-bond acceptors (Lipinski definition) is 6. The molecule has 2 aliphatic rings. The molecule has 0 unspecified atom stereocenters. The summed E-state index contributed by atoms with van der Waals surface area (Å²) in [4.78, 5) is 27.9. The van der Waals surface area contributed by atoms with Crippen molar-refractivity contribution in [2.24, 2.45) is 11.0 Å². The van der Waals surface area contributed by atoms with E-state index < -0.39 is 0 Å². The molecule has 1 fully saturated rings. The molecule has 2 aliphatic heterocycles. The van der Waals surface area contributed by atoms with E-state index in [1.807, 2.05) is 31.2 Å². The Kier molecular flexibility index (Phi) is 7.86. The summed E-state index contributed by atoms with van der Waals surface area (Å²) in [5.41, 5.74) is 5.28. The normalized spacial score (nSPS) is 20.5. The minimum atomic E-state index is -0.210. The average molecular weight is 478 g/mol. The fourth-order valence-electron chi connectivity index (χ4n) is 4.97. The van der Waals surface area contributed by atoms with Crippen LogP contribution in [0.15, 0.2) is 47.6 Å². The van der Waals surface area contributed by atoms with Crippen LogP contribution in [0.25, 0.3) is 0 Å². The minimum absolute atomic E-state index is 0.0670. The molecule has 0 aliphatic carbocycles. The first-order chi connectivity index (χ1) is 16.9. The van der Waals surface area contributed by atoms with Crippen molar-refractivity contribution in [1.82, 2.24) is 9.91 Å². The summed E-state index contributed by atoms with van der Waals surface area (Å²) >= 11 is 0. The first kappa shape index (κ1) is 24.9. The predicted octanol–water partition coefficient (Wildman–Crippen LogP) is 4.26. The van der Waals surface area contributed by atoms with Gasteiger partial charge in [-0.25, -0.2) is 5.01 Å². The Morgan fingerprint density at radius 1 is 1.14 bits per heavy atom. The number of amides is 1. The number of rotatable bonds is 7. The third kappa shape index (κ3) is 5.73. The number of nitrogens with zero attached hydrogens (tertiary/aromatic N) is 3. The highest BCUT2D eigenvalue weighted by atomic mass is 16.5. The van der Waals surface area contributed by atoms with Crippen LogP contribution in [-0.2, 0) is 14.3 Å². The maximum Gasteiger partial charge on any atom is 0.310 e. The van der Waals surface area contributed by atoms with Crippen LogP contribution < -0.4 is 4.74 Å². The van der Waals surface area contributed by atoms with E-state index in [-0.39, 0.29) is 30.4 Å². The van der Waals surface area contributed by atoms with E-state index in [1.54, 1.807) is 12.1 Å². The zero-order chi connectivity index (χ0) is 24.9. The number of aryl methyl sites for hydroxylation is 2. The maximum absolute atomic E-state index is 13.6. The van der Waals surface area contributed by atoms with Crippen LogP contribution in [0.1, 0.15) is 54.5 Å². The Labute approximate surface area is 207 Å². The van der Waals surface area contributed by atoms with Gasteiger partial charge in [0.15, 0.2) is 0 Å². The fraction of sp³-hybridized carbons (Fsp3) is 0.464. The second kappa shape index (κ2) is 11.0. The average Bonchev–Trinajstić information content (AvgIpc) is 3.31. The van der Waals surface area contributed by atoms with Crippen molar-refractivity contribution in [3.63, 3.8) is 0 Å². The van der Waals surface area contributed by atoms with E-state index in [2.05, 4.69) is 36.9 Å². The molecule has 0 radical (unpaired) electrons. The minimum Gasteiger partial charge on any atom is -0.497 e. The van der Waals surface area contributed by atoms with Gasteiger partial charge >= 0.3 is 5.97 Å². The summed E-state index contributed by atoms with van der Waals surface area (Å²) in [6.45, 7) is 7.88. The summed E-state index contributed by atoms with van der Waals surface area (Å²) in [5, 5.41) is 6.50. The molecule has 35 heavy (non-hydrogen) atoms. The smallest absolute Gasteiger partial charge is 0.310 e. The SMILES string of the molecule is CCOC(=O)[C@@H]1CCCN(CC(=O)N2N=C(c3cc(C)ccc3C)C[C@@H]2c2cccc(OC)c2)C1. The summed E-state index contributed by atoms with van der Waals surface area (Å²) in [7, 11) is 1.64. The van der Waals surface area contributed by atoms with Crippen molar-refractivity contribution < 1.29 is 19.1 Å². The van der Waals surface area contributed by atoms with Gasteiger partial charge in [-0.05, 0) is 69.5 Å². The molecule has 7 nitrogen and oxygen atoms in total. The van der Waals surface area contributed by atoms with Crippen LogP contribution in [0.4, 0.5) is 0 Å². The Morgan fingerprint density at radius 3 is 2.74 bits per heavy atom. The van der Waals surface area contributed by atoms with Gasteiger partial charge in [-0.3, -0.25) is 14.5 Å². The molecule has 0 N–H and O–H groups in total. The fourth-order valence-corrected chi connectivity index (χ4v) is 4.97. The number of methoxy groups -OCH3 is 1. The topological polar surface area (TPSA) is 71.4 Å². The second-order valence-electron chi connectivity index (χ2n) is 9.43. The molecule has 0 saturated carbocycles. The lowest BCUT2D eigenvalue weighted by molar-refractivity contribution is -0.150. The van der Waals surface area contributed by atoms with Crippen molar-refractivity contribution >= 4 is 17.6 Å². The Bertz CT molecular complexity index is 1110. The van der Waals surface area contributed by atoms with Crippen molar-refractivity contribution in [2.75, 3.05) is 33.4 Å². The summed E-state index contributed by atoms with van der Waals surface area (Å²) in [6, 6.07) is 14.0. The first-order valence-electron chi connectivity index (χ1n) is 12.4. The van der Waals surface area contributed by atoms with Crippen LogP contribution in [-0.4, -0.2) is 60.8 Å². The van der Waals surface area contributed by atoms with E-state index in [9.17, 15) is 9.59 Å². The van der Waals surface area contributed by atoms with Gasteiger partial charge in [-0.15, -0.1) is 0 Å². The van der Waals surface area contributed by atoms with Crippen LogP contribution in [0.5, 0.6) is 5.75 Å². The Hall–Kier alpha value is -3.19. The molecule has 0 aromatic heterocycles. The van der Waals surface area contributed by atoms with E-state index >= 15 is 0 Å². The molecule has 0 spiro atoms. The summed E-state index contributed by atoms with van der Waals surface area (Å²) in [5.74, 6) is 0.333. The lowest BCUT2D eigenvalue weighted by atomic mass is 9.95. The van der Waals surface area contributed by atoms with Gasteiger partial charge in [0.05, 0.1) is 37.9 Å². The van der Waals surface area contributed by atoms with Crippen LogP contribution >= 0.6 is 0 Å². The lowest BCUT2D eigenvalue weighted by Crippen LogP contribution is -2.44. The molecule has 7 heteroatoms. The Balaban J connectivity index is 1.59. The van der Waals surface area contributed by atoms with Gasteiger partial charge in [0.2, 0.25) is 0 Å². The lowest BCUT2D eigenvalue weighted by Gasteiger charge is -2.32. The number of hydrogen-bond donors (Lipinski definition) is 0. The van der Waals surface area contributed by atoms with Gasteiger partial charge in [-0.1, -0.05) is 29.8 Å². The number of esters is 1. The highest BCUT2D eigenvalue weighted by molar-refractivity contribution is 6.04. The molecule has 2 aromatic rings. The van der Waals surface area contributed by atoms with E-state index in [0.29, 0.717) is 19.6 Å². The number of benzene rings is 2. The highest BCUT2D eigenvalue weighted by Gasteiger charge is 2.35. The van der Waals surface area contributed by atoms with E-state index in [0.717, 1.165) is 53.1 Å². The zero-order valence-electron chi connectivity index (χ0n) is 21.1. The predicted molar refractivity (Wildman–Crippen MR) is 135 cm³/mol. The van der Waals surface area contributed by atoms with Gasteiger partial charge in [0.25, 0.3) is 5.91 Å². The standard InChI is InChI=1S/C28H35N3O4/c1-5-35-28(33)22-9-7-13-30(17-22)18-27(32)31-26(21-8-6-10-23(15-21)34-4)16-25(29-31)24-14-19(2)11-12-20(24)3/h6,8,10-12,14-15,22,26H,5,7,9,13,16-18H2,1-4H3/t22-,26-/m1/s1. The summed E-state index contributed by atoms with van der Waals surface area (Å²) in [6.07, 6.45) is 2.30. The number of carbonyl (C=O) groups is 2. The molecule has 0 bridgehead atoms. The number of ether oxygens (including phenoxy) is 2. The summed E-state index contributed by atoms with van der Waals surface area (Å²) < 4.78 is 10.7. The molecule has 2 heterocycles. The quantitative estimate of drug-likeness (QED) is 0.557. The van der Waals surface area contributed by atoms with E-state index in [4.69, 9.17) is 14.6 Å². The van der Waals surface area contributed by atoms with Gasteiger partial charge in [0.1, 0.15) is 5.75 Å². The third-order valence-electron chi connectivity index (χ3n) is 6.83. The largest absolute Gasteiger partial charge is 0.497 e. The van der Waals surface area contributed by atoms with Crippen molar-refractivity contribution in [2.45, 2.75) is 46.1 Å². The van der Waals surface area contributed by atoms with Gasteiger partial charge < -0.3 is 9.47 Å². The molecule has 1 amide bonds. The van der Waals surface area contributed by atoms with Crippen molar-refractivity contribution in [1.29, 1.82) is 0 Å². The molecule has 2 atom stereocenters. The van der Waals surface area contributed by atoms with Crippen LogP contribution in [0.3, 0.4) is 0 Å². The molecule has 2 aromatic carbocycles. The van der Waals surface area contributed by atoms with Gasteiger partial charge in [-0.2, -0.15) is 5.10 Å². The monoisotopic (exact) mass is 477 g/mol.